The summed E-state index contributed by atoms with van der Waals surface area (Å²) in [6, 6.07) is 0.546. The summed E-state index contributed by atoms with van der Waals surface area (Å²) in [4.78, 5) is 12.5. The van der Waals surface area contributed by atoms with Gasteiger partial charge in [-0.15, -0.1) is 11.8 Å². The molecule has 1 unspecified atom stereocenters. The highest BCUT2D eigenvalue weighted by molar-refractivity contribution is 8.05. The molecule has 0 aromatic rings. The van der Waals surface area contributed by atoms with Crippen LogP contribution in [0.25, 0.3) is 0 Å². The summed E-state index contributed by atoms with van der Waals surface area (Å²) in [6.07, 6.45) is 6.91. The maximum Gasteiger partial charge on any atom is 0.257 e. The molecule has 1 fully saturated rings. The molecule has 2 atom stereocenters. The lowest BCUT2D eigenvalue weighted by molar-refractivity contribution is -0.116. The number of rotatable bonds is 2. The highest BCUT2D eigenvalue weighted by atomic mass is 32.2. The molecule has 1 saturated heterocycles. The van der Waals surface area contributed by atoms with Crippen LogP contribution in [0.15, 0.2) is 11.0 Å². The quantitative estimate of drug-likeness (QED) is 0.771. The number of amides is 1. The van der Waals surface area contributed by atoms with Crippen molar-refractivity contribution >= 4 is 17.7 Å². The van der Waals surface area contributed by atoms with Gasteiger partial charge >= 0.3 is 0 Å². The van der Waals surface area contributed by atoms with E-state index in [1.165, 1.54) is 19.3 Å². The minimum Gasteiger partial charge on any atom is -0.355 e. The smallest absolute Gasteiger partial charge is 0.257 e. The van der Waals surface area contributed by atoms with Crippen molar-refractivity contribution in [1.82, 2.24) is 10.6 Å². The molecule has 0 aromatic heterocycles. The van der Waals surface area contributed by atoms with E-state index in [0.29, 0.717) is 6.04 Å². The van der Waals surface area contributed by atoms with Crippen molar-refractivity contribution in [2.45, 2.75) is 43.4 Å². The van der Waals surface area contributed by atoms with E-state index in [9.17, 15) is 4.79 Å². The monoisotopic (exact) mass is 240 g/mol. The van der Waals surface area contributed by atoms with E-state index in [-0.39, 0.29) is 10.7 Å². The first-order valence-electron chi connectivity index (χ1n) is 6.00. The summed E-state index contributed by atoms with van der Waals surface area (Å²) < 4.78 is 0.169. The third-order valence-electron chi connectivity index (χ3n) is 3.53. The normalized spacial score (nSPS) is 34.6. The van der Waals surface area contributed by atoms with Crippen LogP contribution in [0, 0.1) is 0 Å². The van der Waals surface area contributed by atoms with Crippen LogP contribution >= 0.6 is 11.8 Å². The number of nitrogens with one attached hydrogen (secondary N) is 2. The first-order chi connectivity index (χ1) is 7.65. The third-order valence-corrected chi connectivity index (χ3v) is 5.02. The molecule has 90 valence electrons. The molecule has 0 spiro atoms. The molecule has 0 radical (unpaired) electrons. The van der Waals surface area contributed by atoms with E-state index in [0.717, 1.165) is 17.9 Å². The van der Waals surface area contributed by atoms with Gasteiger partial charge < -0.3 is 10.6 Å². The van der Waals surface area contributed by atoms with Crippen LogP contribution in [-0.2, 0) is 4.79 Å². The van der Waals surface area contributed by atoms with Crippen molar-refractivity contribution in [3.8, 4) is 0 Å². The van der Waals surface area contributed by atoms with Crippen LogP contribution in [0.1, 0.15) is 32.6 Å². The second-order valence-electron chi connectivity index (χ2n) is 4.77. The molecule has 2 N–H and O–H groups in total. The Morgan fingerprint density at radius 3 is 3.06 bits per heavy atom. The zero-order valence-corrected chi connectivity index (χ0v) is 10.8. The standard InChI is InChI=1S/C12H20N2OS/c1-12(10-5-3-4-8-14-10)7-6-9(16-12)11(15)13-2/h6,10,14H,3-5,7-8H2,1-2H3,(H,13,15)/t10-,12?/m0/s1. The molecule has 4 heteroatoms. The fourth-order valence-corrected chi connectivity index (χ4v) is 3.85. The molecule has 16 heavy (non-hydrogen) atoms. The fraction of sp³-hybridized carbons (Fsp3) is 0.750. The van der Waals surface area contributed by atoms with Crippen LogP contribution in [-0.4, -0.2) is 30.3 Å². The van der Waals surface area contributed by atoms with Crippen LogP contribution in [0.2, 0.25) is 0 Å². The molecule has 2 heterocycles. The molecule has 0 bridgehead atoms. The molecule has 0 saturated carbocycles. The SMILES string of the molecule is CNC(=O)C1=CCC(C)([C@@H]2CCCCN2)S1. The first kappa shape index (κ1) is 12.0. The number of allylic oxidation sites excluding steroid dienone is 1. The summed E-state index contributed by atoms with van der Waals surface area (Å²) in [5.41, 5.74) is 0. The number of likely N-dealkylation sites (N-methyl/N-ethyl adjacent to an activating group) is 1. The van der Waals surface area contributed by atoms with E-state index < -0.39 is 0 Å². The summed E-state index contributed by atoms with van der Waals surface area (Å²) in [6.45, 7) is 3.39. The van der Waals surface area contributed by atoms with E-state index in [2.05, 4.69) is 23.6 Å². The lowest BCUT2D eigenvalue weighted by atomic mass is 9.90. The summed E-state index contributed by atoms with van der Waals surface area (Å²) >= 11 is 1.74. The van der Waals surface area contributed by atoms with Gasteiger partial charge in [0, 0.05) is 17.8 Å². The van der Waals surface area contributed by atoms with Crippen molar-refractivity contribution in [2.24, 2.45) is 0 Å². The Bertz CT molecular complexity index is 310. The van der Waals surface area contributed by atoms with Gasteiger partial charge in [-0.05, 0) is 32.7 Å². The summed E-state index contributed by atoms with van der Waals surface area (Å²) in [7, 11) is 1.69. The van der Waals surface area contributed by atoms with Crippen molar-refractivity contribution in [1.29, 1.82) is 0 Å². The Kier molecular flexibility index (Phi) is 3.60. The average Bonchev–Trinajstić information content (AvgIpc) is 2.73. The first-order valence-corrected chi connectivity index (χ1v) is 6.82. The van der Waals surface area contributed by atoms with Gasteiger partial charge in [0.15, 0.2) is 0 Å². The van der Waals surface area contributed by atoms with Gasteiger partial charge in [0.25, 0.3) is 5.91 Å². The topological polar surface area (TPSA) is 41.1 Å². The van der Waals surface area contributed by atoms with E-state index in [4.69, 9.17) is 0 Å². The molecular weight excluding hydrogens is 220 g/mol. The van der Waals surface area contributed by atoms with Gasteiger partial charge in [-0.2, -0.15) is 0 Å². The molecule has 1 amide bonds. The van der Waals surface area contributed by atoms with E-state index in [1.54, 1.807) is 18.8 Å². The second-order valence-corrected chi connectivity index (χ2v) is 6.35. The Morgan fingerprint density at radius 2 is 2.44 bits per heavy atom. The Hall–Kier alpha value is -0.480. The van der Waals surface area contributed by atoms with Gasteiger partial charge in [-0.1, -0.05) is 12.5 Å². The third kappa shape index (κ3) is 2.28. The predicted octanol–water partition coefficient (Wildman–Crippen LogP) is 1.65. The van der Waals surface area contributed by atoms with E-state index >= 15 is 0 Å². The van der Waals surface area contributed by atoms with Crippen molar-refractivity contribution in [3.05, 3.63) is 11.0 Å². The van der Waals surface area contributed by atoms with Gasteiger partial charge in [0.1, 0.15) is 0 Å². The van der Waals surface area contributed by atoms with Crippen molar-refractivity contribution < 1.29 is 4.79 Å². The molecule has 2 aliphatic rings. The molecule has 0 aliphatic carbocycles. The molecule has 3 nitrogen and oxygen atoms in total. The Morgan fingerprint density at radius 1 is 1.62 bits per heavy atom. The van der Waals surface area contributed by atoms with Crippen molar-refractivity contribution in [2.75, 3.05) is 13.6 Å². The number of thioether (sulfide) groups is 1. The number of piperidine rings is 1. The minimum atomic E-state index is 0.0598. The number of carbonyl (C=O) groups is 1. The number of hydrogen-bond acceptors (Lipinski definition) is 3. The zero-order chi connectivity index (χ0) is 11.6. The van der Waals surface area contributed by atoms with Crippen molar-refractivity contribution in [3.63, 3.8) is 0 Å². The largest absolute Gasteiger partial charge is 0.355 e. The average molecular weight is 240 g/mol. The Labute approximate surface area is 101 Å². The Balaban J connectivity index is 1.99. The predicted molar refractivity (Wildman–Crippen MR) is 68.4 cm³/mol. The van der Waals surface area contributed by atoms with Crippen LogP contribution in [0.4, 0.5) is 0 Å². The van der Waals surface area contributed by atoms with Crippen LogP contribution in [0.5, 0.6) is 0 Å². The van der Waals surface area contributed by atoms with Gasteiger partial charge in [-0.25, -0.2) is 0 Å². The van der Waals surface area contributed by atoms with Gasteiger partial charge in [-0.3, -0.25) is 4.79 Å². The maximum atomic E-state index is 11.6. The fourth-order valence-electron chi connectivity index (χ4n) is 2.48. The molecule has 2 aliphatic heterocycles. The number of hydrogen-bond donors (Lipinski definition) is 2. The molecule has 2 rings (SSSR count). The lowest BCUT2D eigenvalue weighted by Gasteiger charge is -2.37. The highest BCUT2D eigenvalue weighted by Crippen LogP contribution is 2.45. The van der Waals surface area contributed by atoms with Gasteiger partial charge in [0.2, 0.25) is 0 Å². The second kappa shape index (κ2) is 4.80. The molecule has 0 aromatic carbocycles. The highest BCUT2D eigenvalue weighted by Gasteiger charge is 2.40. The minimum absolute atomic E-state index is 0.0598. The van der Waals surface area contributed by atoms with Crippen LogP contribution < -0.4 is 10.6 Å². The molecular formula is C12H20N2OS. The number of carbonyl (C=O) groups excluding carboxylic acids is 1. The summed E-state index contributed by atoms with van der Waals surface area (Å²) in [5, 5.41) is 6.29. The zero-order valence-electron chi connectivity index (χ0n) is 10.0. The van der Waals surface area contributed by atoms with Crippen LogP contribution in [0.3, 0.4) is 0 Å². The summed E-state index contributed by atoms with van der Waals surface area (Å²) in [5.74, 6) is 0.0598. The van der Waals surface area contributed by atoms with Gasteiger partial charge in [0.05, 0.1) is 4.91 Å². The lowest BCUT2D eigenvalue weighted by Crippen LogP contribution is -2.48. The van der Waals surface area contributed by atoms with E-state index in [1.807, 2.05) is 0 Å². The maximum absolute atomic E-state index is 11.6.